The summed E-state index contributed by atoms with van der Waals surface area (Å²) in [4.78, 5) is 20.6. The highest BCUT2D eigenvalue weighted by Gasteiger charge is 2.32. The zero-order valence-corrected chi connectivity index (χ0v) is 11.2. The van der Waals surface area contributed by atoms with Crippen molar-refractivity contribution in [2.24, 2.45) is 0 Å². The van der Waals surface area contributed by atoms with Gasteiger partial charge in [0, 0.05) is 32.7 Å². The first kappa shape index (κ1) is 12.6. The topological polar surface area (TPSA) is 73.0 Å². The first-order chi connectivity index (χ1) is 8.90. The lowest BCUT2D eigenvalue weighted by Crippen LogP contribution is -2.63. The highest BCUT2D eigenvalue weighted by molar-refractivity contribution is 5.85. The zero-order chi connectivity index (χ0) is 11.9. The van der Waals surface area contributed by atoms with Crippen molar-refractivity contribution in [1.82, 2.24) is 29.7 Å². The van der Waals surface area contributed by atoms with Crippen LogP contribution in [0.5, 0.6) is 0 Å². The van der Waals surface area contributed by atoms with Crippen LogP contribution in [-0.4, -0.2) is 68.6 Å². The van der Waals surface area contributed by atoms with Crippen LogP contribution in [0.25, 0.3) is 11.2 Å². The molecular weight excluding hydrogens is 266 g/mol. The number of nitrogens with one attached hydrogen (secondary N) is 2. The summed E-state index contributed by atoms with van der Waals surface area (Å²) in [5, 5.41) is 3.50. The second-order valence-electron chi connectivity index (χ2n) is 4.82. The Kier molecular flexibility index (Phi) is 3.26. The lowest BCUT2D eigenvalue weighted by atomic mass is 10.2. The van der Waals surface area contributed by atoms with Crippen LogP contribution < -0.4 is 5.32 Å². The second-order valence-corrected chi connectivity index (χ2v) is 4.82. The standard InChI is InChI=1S/C11H15N7.ClH/c1-3-18-4-2-17(1)5-8(18)16-11-9-10(13-6-12-9)14-7-15-11;/h6-8H,1-5H2,(H2,12,13,14,15,16);1H. The number of imidazole rings is 1. The first-order valence-corrected chi connectivity index (χ1v) is 6.27. The fraction of sp³-hybridized carbons (Fsp3) is 0.545. The van der Waals surface area contributed by atoms with Gasteiger partial charge in [-0.25, -0.2) is 15.0 Å². The van der Waals surface area contributed by atoms with E-state index < -0.39 is 0 Å². The molecule has 1 atom stereocenters. The van der Waals surface area contributed by atoms with Crippen molar-refractivity contribution in [1.29, 1.82) is 0 Å². The second kappa shape index (κ2) is 4.92. The number of piperazine rings is 3. The molecule has 0 radical (unpaired) electrons. The maximum atomic E-state index is 4.32. The van der Waals surface area contributed by atoms with E-state index in [2.05, 4.69) is 35.1 Å². The largest absolute Gasteiger partial charge is 0.351 e. The molecule has 2 aromatic rings. The minimum atomic E-state index is 0. The number of hydrogen-bond donors (Lipinski definition) is 2. The van der Waals surface area contributed by atoms with Crippen molar-refractivity contribution in [3.05, 3.63) is 12.7 Å². The summed E-state index contributed by atoms with van der Waals surface area (Å²) < 4.78 is 0. The van der Waals surface area contributed by atoms with E-state index in [0.29, 0.717) is 11.8 Å². The third-order valence-corrected chi connectivity index (χ3v) is 3.81. The molecule has 102 valence electrons. The molecule has 0 saturated carbocycles. The number of aromatic amines is 1. The van der Waals surface area contributed by atoms with Crippen LogP contribution in [0, 0.1) is 0 Å². The van der Waals surface area contributed by atoms with Crippen molar-refractivity contribution in [2.75, 3.05) is 38.0 Å². The molecule has 5 heterocycles. The maximum absolute atomic E-state index is 4.32. The molecule has 3 aliphatic rings. The fourth-order valence-corrected chi connectivity index (χ4v) is 2.79. The van der Waals surface area contributed by atoms with Gasteiger partial charge in [-0.15, -0.1) is 12.4 Å². The Morgan fingerprint density at radius 1 is 1.16 bits per heavy atom. The molecule has 3 saturated heterocycles. The van der Waals surface area contributed by atoms with E-state index in [0.717, 1.165) is 31.0 Å². The van der Waals surface area contributed by atoms with Gasteiger partial charge < -0.3 is 10.3 Å². The molecule has 5 rings (SSSR count). The summed E-state index contributed by atoms with van der Waals surface area (Å²) in [6, 6.07) is 0. The number of rotatable bonds is 2. The number of anilines is 1. The lowest BCUT2D eigenvalue weighted by molar-refractivity contribution is 0.0251. The van der Waals surface area contributed by atoms with Crippen LogP contribution in [0.1, 0.15) is 0 Å². The summed E-state index contributed by atoms with van der Waals surface area (Å²) in [5.41, 5.74) is 1.60. The Balaban J connectivity index is 0.00000110. The summed E-state index contributed by atoms with van der Waals surface area (Å²) in [6.45, 7) is 5.69. The first-order valence-electron chi connectivity index (χ1n) is 6.27. The third kappa shape index (κ3) is 2.13. The van der Waals surface area contributed by atoms with Gasteiger partial charge in [0.2, 0.25) is 0 Å². The number of nitrogens with zero attached hydrogens (tertiary/aromatic N) is 5. The van der Waals surface area contributed by atoms with Crippen molar-refractivity contribution >= 4 is 29.4 Å². The van der Waals surface area contributed by atoms with Crippen LogP contribution in [0.15, 0.2) is 12.7 Å². The van der Waals surface area contributed by atoms with Gasteiger partial charge in [-0.2, -0.15) is 0 Å². The Hall–Kier alpha value is -1.44. The summed E-state index contributed by atoms with van der Waals surface area (Å²) in [7, 11) is 0. The summed E-state index contributed by atoms with van der Waals surface area (Å²) >= 11 is 0. The molecule has 19 heavy (non-hydrogen) atoms. The lowest BCUT2D eigenvalue weighted by Gasteiger charge is -2.47. The molecule has 0 aromatic carbocycles. The predicted molar refractivity (Wildman–Crippen MR) is 74.4 cm³/mol. The highest BCUT2D eigenvalue weighted by Crippen LogP contribution is 2.20. The van der Waals surface area contributed by atoms with Gasteiger partial charge in [0.05, 0.1) is 12.5 Å². The van der Waals surface area contributed by atoms with E-state index in [-0.39, 0.29) is 12.4 Å². The molecule has 2 bridgehead atoms. The van der Waals surface area contributed by atoms with Gasteiger partial charge in [-0.3, -0.25) is 9.80 Å². The maximum Gasteiger partial charge on any atom is 0.182 e. The Morgan fingerprint density at radius 3 is 2.74 bits per heavy atom. The number of H-pyrrole nitrogens is 1. The monoisotopic (exact) mass is 281 g/mol. The Bertz CT molecular complexity index is 563. The predicted octanol–water partition coefficient (Wildman–Crippen LogP) is 0.144. The molecule has 8 heteroatoms. The number of aromatic nitrogens is 4. The van der Waals surface area contributed by atoms with E-state index >= 15 is 0 Å². The average Bonchev–Trinajstić information content (AvgIpc) is 2.90. The Labute approximate surface area is 116 Å². The quantitative estimate of drug-likeness (QED) is 0.816. The molecule has 1 unspecified atom stereocenters. The van der Waals surface area contributed by atoms with E-state index in [1.54, 1.807) is 12.7 Å². The van der Waals surface area contributed by atoms with Crippen LogP contribution in [0.2, 0.25) is 0 Å². The molecule has 7 nitrogen and oxygen atoms in total. The van der Waals surface area contributed by atoms with E-state index in [9.17, 15) is 0 Å². The van der Waals surface area contributed by atoms with Gasteiger partial charge in [-0.05, 0) is 0 Å². The molecule has 0 amide bonds. The Morgan fingerprint density at radius 2 is 2.00 bits per heavy atom. The number of hydrogen-bond acceptors (Lipinski definition) is 6. The molecule has 0 aliphatic carbocycles. The van der Waals surface area contributed by atoms with E-state index in [1.165, 1.54) is 13.1 Å². The van der Waals surface area contributed by atoms with Crippen LogP contribution in [0.4, 0.5) is 5.82 Å². The molecule has 3 fully saturated rings. The average molecular weight is 282 g/mol. The van der Waals surface area contributed by atoms with Gasteiger partial charge in [0.15, 0.2) is 11.5 Å². The van der Waals surface area contributed by atoms with Crippen molar-refractivity contribution in [3.8, 4) is 0 Å². The van der Waals surface area contributed by atoms with Crippen LogP contribution in [-0.2, 0) is 0 Å². The zero-order valence-electron chi connectivity index (χ0n) is 10.4. The SMILES string of the molecule is Cl.c1nc(NC2CN3CCN2CC3)c2[nH]cnc2n1. The van der Waals surface area contributed by atoms with Crippen LogP contribution in [0.3, 0.4) is 0 Å². The van der Waals surface area contributed by atoms with Gasteiger partial charge in [-0.1, -0.05) is 0 Å². The molecule has 2 aromatic heterocycles. The van der Waals surface area contributed by atoms with Crippen molar-refractivity contribution in [3.63, 3.8) is 0 Å². The molecular formula is C11H16ClN7. The van der Waals surface area contributed by atoms with Crippen molar-refractivity contribution in [2.45, 2.75) is 6.17 Å². The van der Waals surface area contributed by atoms with E-state index in [1.807, 2.05) is 0 Å². The fourth-order valence-electron chi connectivity index (χ4n) is 2.79. The van der Waals surface area contributed by atoms with Gasteiger partial charge in [0.1, 0.15) is 11.8 Å². The number of fused-ring (bicyclic) bond motifs is 4. The van der Waals surface area contributed by atoms with E-state index in [4.69, 9.17) is 0 Å². The third-order valence-electron chi connectivity index (χ3n) is 3.81. The van der Waals surface area contributed by atoms with Crippen molar-refractivity contribution < 1.29 is 0 Å². The summed E-state index contributed by atoms with van der Waals surface area (Å²) in [6.07, 6.45) is 3.55. The minimum Gasteiger partial charge on any atom is -0.351 e. The summed E-state index contributed by atoms with van der Waals surface area (Å²) in [5.74, 6) is 0.844. The normalized spacial score (nSPS) is 29.2. The van der Waals surface area contributed by atoms with Gasteiger partial charge in [0.25, 0.3) is 0 Å². The van der Waals surface area contributed by atoms with Gasteiger partial charge >= 0.3 is 0 Å². The molecule has 0 spiro atoms. The van der Waals surface area contributed by atoms with Crippen LogP contribution >= 0.6 is 12.4 Å². The highest BCUT2D eigenvalue weighted by atomic mass is 35.5. The number of halogens is 1. The smallest absolute Gasteiger partial charge is 0.182 e. The molecule has 2 N–H and O–H groups in total. The molecule has 3 aliphatic heterocycles. The minimum absolute atomic E-state index is 0.